The maximum absolute atomic E-state index is 2.47. The van der Waals surface area contributed by atoms with E-state index in [1.54, 1.807) is 0 Å². The molecule has 2 heteroatoms. The third-order valence-corrected chi connectivity index (χ3v) is 11.5. The van der Waals surface area contributed by atoms with E-state index in [9.17, 15) is 0 Å². The first-order valence-corrected chi connectivity index (χ1v) is 17.2. The van der Waals surface area contributed by atoms with E-state index in [0.717, 1.165) is 0 Å². The van der Waals surface area contributed by atoms with Crippen LogP contribution in [0.2, 0.25) is 0 Å². The molecule has 1 aliphatic carbocycles. The van der Waals surface area contributed by atoms with Crippen molar-refractivity contribution in [1.29, 1.82) is 0 Å². The van der Waals surface area contributed by atoms with Gasteiger partial charge in [-0.3, -0.25) is 0 Å². The maximum Gasteiger partial charge on any atom is 0.0541 e. The Balaban J connectivity index is 1.12. The Morgan fingerprint density at radius 1 is 0.426 bits per heavy atom. The second-order valence-electron chi connectivity index (χ2n) is 13.4. The molecule has 0 bridgehead atoms. The number of fused-ring (bicyclic) bond motifs is 9. The lowest BCUT2D eigenvalue weighted by Gasteiger charge is -2.22. The zero-order chi connectivity index (χ0) is 31.3. The fourth-order valence-electron chi connectivity index (χ4n) is 8.00. The molecule has 0 N–H and O–H groups in total. The number of nitrogens with zero attached hydrogens (tertiary/aromatic N) is 1. The summed E-state index contributed by atoms with van der Waals surface area (Å²) >= 11 is 1.91. The van der Waals surface area contributed by atoms with Gasteiger partial charge in [0.05, 0.1) is 11.0 Å². The van der Waals surface area contributed by atoms with Gasteiger partial charge in [-0.25, -0.2) is 0 Å². The van der Waals surface area contributed by atoms with E-state index in [1.807, 2.05) is 11.3 Å². The van der Waals surface area contributed by atoms with E-state index in [4.69, 9.17) is 0 Å². The summed E-state index contributed by atoms with van der Waals surface area (Å²) < 4.78 is 5.08. The lowest BCUT2D eigenvalue weighted by Crippen LogP contribution is -2.14. The van der Waals surface area contributed by atoms with E-state index in [-0.39, 0.29) is 5.41 Å². The molecular weight excluding hydrogens is 587 g/mol. The molecule has 1 aliphatic rings. The van der Waals surface area contributed by atoms with Gasteiger partial charge in [0.25, 0.3) is 0 Å². The molecule has 222 valence electrons. The van der Waals surface area contributed by atoms with Crippen LogP contribution in [-0.2, 0) is 5.41 Å². The van der Waals surface area contributed by atoms with Crippen LogP contribution in [0.5, 0.6) is 0 Å². The number of hydrogen-bond donors (Lipinski definition) is 0. The van der Waals surface area contributed by atoms with E-state index in [2.05, 4.69) is 170 Å². The topological polar surface area (TPSA) is 4.93 Å². The van der Waals surface area contributed by atoms with Crippen LogP contribution in [0.15, 0.2) is 152 Å². The summed E-state index contributed by atoms with van der Waals surface area (Å²) in [5.41, 5.74) is 14.2. The number of rotatable bonds is 3. The van der Waals surface area contributed by atoms with Gasteiger partial charge in [-0.15, -0.1) is 11.3 Å². The zero-order valence-electron chi connectivity index (χ0n) is 26.3. The minimum atomic E-state index is -0.0562. The first-order chi connectivity index (χ1) is 23.0. The van der Waals surface area contributed by atoms with E-state index in [0.29, 0.717) is 0 Å². The van der Waals surface area contributed by atoms with Gasteiger partial charge in [-0.2, -0.15) is 0 Å². The molecule has 0 radical (unpaired) electrons. The summed E-state index contributed by atoms with van der Waals surface area (Å²) in [6, 6.07) is 56.2. The van der Waals surface area contributed by atoms with Gasteiger partial charge in [0, 0.05) is 42.0 Å². The SMILES string of the molecule is CC1(C)c2cc(-c3ccccc3)ccc2-c2cc3c(cc21)sc1ccc(-c2ccc4c(c2)c2ccccc2n4-c2ccccc2)cc13. The summed E-state index contributed by atoms with van der Waals surface area (Å²) in [7, 11) is 0. The highest BCUT2D eigenvalue weighted by molar-refractivity contribution is 7.25. The Morgan fingerprint density at radius 3 is 1.87 bits per heavy atom. The van der Waals surface area contributed by atoms with Crippen molar-refractivity contribution in [2.24, 2.45) is 0 Å². The molecule has 1 nitrogen and oxygen atoms in total. The van der Waals surface area contributed by atoms with Gasteiger partial charge in [0.2, 0.25) is 0 Å². The molecule has 0 spiro atoms. The van der Waals surface area contributed by atoms with Gasteiger partial charge in [-0.05, 0) is 105 Å². The van der Waals surface area contributed by atoms with Crippen LogP contribution < -0.4 is 0 Å². The largest absolute Gasteiger partial charge is 0.309 e. The second kappa shape index (κ2) is 9.78. The number of hydrogen-bond acceptors (Lipinski definition) is 1. The van der Waals surface area contributed by atoms with Gasteiger partial charge >= 0.3 is 0 Å². The standard InChI is InChI=1S/C45H31NS/c1-45(2)39-25-31(28-11-5-3-6-12-28)17-20-33(39)35-26-38-37-24-30(19-22-43(37)47-44(38)27-40(35)45)29-18-21-42-36(23-29)34-15-9-10-16-41(34)46(42)32-13-7-4-8-14-32/h3-27H,1-2H3. The average Bonchev–Trinajstić information content (AvgIpc) is 3.72. The quantitative estimate of drug-likeness (QED) is 0.186. The molecule has 0 unspecified atom stereocenters. The monoisotopic (exact) mass is 617 g/mol. The fraction of sp³-hybridized carbons (Fsp3) is 0.0667. The minimum absolute atomic E-state index is 0.0562. The van der Waals surface area contributed by atoms with Crippen LogP contribution in [0.1, 0.15) is 25.0 Å². The van der Waals surface area contributed by atoms with Crippen LogP contribution in [0.25, 0.3) is 81.0 Å². The van der Waals surface area contributed by atoms with E-state index < -0.39 is 0 Å². The van der Waals surface area contributed by atoms with Crippen molar-refractivity contribution in [1.82, 2.24) is 4.57 Å². The molecule has 47 heavy (non-hydrogen) atoms. The predicted octanol–water partition coefficient (Wildman–Crippen LogP) is 12.8. The highest BCUT2D eigenvalue weighted by Crippen LogP contribution is 2.52. The van der Waals surface area contributed by atoms with Crippen LogP contribution in [0, 0.1) is 0 Å². The molecule has 2 aromatic heterocycles. The van der Waals surface area contributed by atoms with Crippen molar-refractivity contribution in [2.75, 3.05) is 0 Å². The Labute approximate surface area is 278 Å². The van der Waals surface area contributed by atoms with Gasteiger partial charge in [0.15, 0.2) is 0 Å². The van der Waals surface area contributed by atoms with Crippen LogP contribution >= 0.6 is 11.3 Å². The van der Waals surface area contributed by atoms with Crippen molar-refractivity contribution < 1.29 is 0 Å². The molecular formula is C45H31NS. The molecule has 10 rings (SSSR count). The van der Waals surface area contributed by atoms with E-state index in [1.165, 1.54) is 92.2 Å². The Kier molecular flexibility index (Phi) is 5.57. The van der Waals surface area contributed by atoms with E-state index >= 15 is 0 Å². The summed E-state index contributed by atoms with van der Waals surface area (Å²) in [4.78, 5) is 0. The Morgan fingerprint density at radius 2 is 1.04 bits per heavy atom. The van der Waals surface area contributed by atoms with Gasteiger partial charge in [-0.1, -0.05) is 105 Å². The summed E-state index contributed by atoms with van der Waals surface area (Å²) in [5.74, 6) is 0. The lowest BCUT2D eigenvalue weighted by atomic mass is 9.81. The smallest absolute Gasteiger partial charge is 0.0541 e. The second-order valence-corrected chi connectivity index (χ2v) is 14.5. The van der Waals surface area contributed by atoms with Crippen LogP contribution in [0.4, 0.5) is 0 Å². The highest BCUT2D eigenvalue weighted by Gasteiger charge is 2.36. The van der Waals surface area contributed by atoms with Crippen molar-refractivity contribution in [3.05, 3.63) is 163 Å². The molecule has 0 atom stereocenters. The third-order valence-electron chi connectivity index (χ3n) is 10.4. The van der Waals surface area contributed by atoms with Crippen molar-refractivity contribution in [3.8, 4) is 39.1 Å². The zero-order valence-corrected chi connectivity index (χ0v) is 27.1. The number of aromatic nitrogens is 1. The molecule has 0 saturated heterocycles. The number of benzene rings is 7. The first-order valence-electron chi connectivity index (χ1n) is 16.3. The number of para-hydroxylation sites is 2. The molecule has 7 aromatic carbocycles. The van der Waals surface area contributed by atoms with Crippen LogP contribution in [0.3, 0.4) is 0 Å². The third kappa shape index (κ3) is 3.89. The maximum atomic E-state index is 2.47. The molecule has 9 aromatic rings. The average molecular weight is 618 g/mol. The van der Waals surface area contributed by atoms with Crippen molar-refractivity contribution in [3.63, 3.8) is 0 Å². The summed E-state index contributed by atoms with van der Waals surface area (Å²) in [6.07, 6.45) is 0. The molecule has 0 amide bonds. The lowest BCUT2D eigenvalue weighted by molar-refractivity contribution is 0.661. The van der Waals surface area contributed by atoms with Crippen molar-refractivity contribution in [2.45, 2.75) is 19.3 Å². The summed E-state index contributed by atoms with van der Waals surface area (Å²) in [6.45, 7) is 4.77. The highest BCUT2D eigenvalue weighted by atomic mass is 32.1. The summed E-state index contributed by atoms with van der Waals surface area (Å²) in [5, 5.41) is 5.25. The minimum Gasteiger partial charge on any atom is -0.309 e. The number of thiophene rings is 1. The first kappa shape index (κ1) is 26.7. The van der Waals surface area contributed by atoms with Gasteiger partial charge in [0.1, 0.15) is 0 Å². The van der Waals surface area contributed by atoms with Crippen LogP contribution in [-0.4, -0.2) is 4.57 Å². The van der Waals surface area contributed by atoms with Gasteiger partial charge < -0.3 is 4.57 Å². The molecule has 0 aliphatic heterocycles. The Hall–Kier alpha value is -5.44. The molecule has 0 fully saturated rings. The normalized spacial score (nSPS) is 13.5. The van der Waals surface area contributed by atoms with Crippen molar-refractivity contribution >= 4 is 53.3 Å². The molecule has 0 saturated carbocycles. The fourth-order valence-corrected chi connectivity index (χ4v) is 9.11. The Bertz CT molecular complexity index is 2690. The molecule has 2 heterocycles. The predicted molar refractivity (Wildman–Crippen MR) is 202 cm³/mol.